The van der Waals surface area contributed by atoms with E-state index in [2.05, 4.69) is 29.6 Å². The molecule has 4 N–H and O–H groups in total. The van der Waals surface area contributed by atoms with Crippen molar-refractivity contribution in [2.75, 3.05) is 25.0 Å². The molecule has 0 aliphatic carbocycles. The molecule has 1 amide bonds. The van der Waals surface area contributed by atoms with Gasteiger partial charge in [-0.05, 0) is 61.2 Å². The van der Waals surface area contributed by atoms with Crippen molar-refractivity contribution >= 4 is 18.3 Å². The van der Waals surface area contributed by atoms with Crippen LogP contribution in [0.5, 0.6) is 0 Å². The molecule has 0 spiro atoms. The molecule has 8 heteroatoms. The molecule has 2 aromatic carbocycles. The third-order valence-corrected chi connectivity index (χ3v) is 4.79. The van der Waals surface area contributed by atoms with E-state index >= 15 is 0 Å². The van der Waals surface area contributed by atoms with Gasteiger partial charge >= 0.3 is 6.09 Å². The zero-order valence-electron chi connectivity index (χ0n) is 16.8. The minimum absolute atomic E-state index is 0.159. The molecule has 0 bridgehead atoms. The second-order valence-corrected chi connectivity index (χ2v) is 6.93. The summed E-state index contributed by atoms with van der Waals surface area (Å²) in [6.45, 7) is 1.88. The van der Waals surface area contributed by atoms with Gasteiger partial charge in [0.25, 0.3) is 6.47 Å². The Hall–Kier alpha value is -3.13. The second-order valence-electron chi connectivity index (χ2n) is 6.93. The van der Waals surface area contributed by atoms with Gasteiger partial charge in [0, 0.05) is 24.8 Å². The molecular formula is C22H28FN3O4. The van der Waals surface area contributed by atoms with Crippen molar-refractivity contribution in [1.82, 2.24) is 4.90 Å². The van der Waals surface area contributed by atoms with Crippen molar-refractivity contribution < 1.29 is 23.8 Å². The summed E-state index contributed by atoms with van der Waals surface area (Å²) >= 11 is 0. The lowest BCUT2D eigenvalue weighted by atomic mass is 10.0. The molecule has 1 heterocycles. The fraction of sp³-hybridized carbons (Fsp3) is 0.364. The smallest absolute Gasteiger partial charge is 0.410 e. The molecule has 3 rings (SSSR count). The topological polar surface area (TPSA) is 105 Å². The minimum atomic E-state index is -0.316. The molecule has 162 valence electrons. The molecule has 0 saturated carbocycles. The first-order valence-corrected chi connectivity index (χ1v) is 9.85. The lowest BCUT2D eigenvalue weighted by Crippen LogP contribution is -2.42. The van der Waals surface area contributed by atoms with Crippen molar-refractivity contribution in [3.63, 3.8) is 0 Å². The number of nitrogens with zero attached hydrogens (tertiary/aromatic N) is 1. The van der Waals surface area contributed by atoms with Crippen LogP contribution in [0, 0.1) is 5.82 Å². The van der Waals surface area contributed by atoms with Gasteiger partial charge in [-0.3, -0.25) is 4.79 Å². The van der Waals surface area contributed by atoms with E-state index in [1.165, 1.54) is 17.7 Å². The molecule has 1 aliphatic rings. The van der Waals surface area contributed by atoms with Crippen LogP contribution in [0.2, 0.25) is 0 Å². The van der Waals surface area contributed by atoms with Gasteiger partial charge in [0.15, 0.2) is 0 Å². The molecule has 0 aromatic heterocycles. The van der Waals surface area contributed by atoms with E-state index in [9.17, 15) is 9.18 Å². The maximum atomic E-state index is 12.9. The van der Waals surface area contributed by atoms with Gasteiger partial charge in [-0.1, -0.05) is 24.3 Å². The van der Waals surface area contributed by atoms with Gasteiger partial charge in [-0.2, -0.15) is 0 Å². The largest absolute Gasteiger partial charge is 0.483 e. The Labute approximate surface area is 175 Å². The van der Waals surface area contributed by atoms with E-state index in [0.29, 0.717) is 25.7 Å². The average Bonchev–Trinajstić information content (AvgIpc) is 2.76. The van der Waals surface area contributed by atoms with Crippen molar-refractivity contribution in [3.05, 3.63) is 65.5 Å². The number of halogens is 1. The van der Waals surface area contributed by atoms with Crippen LogP contribution in [0.15, 0.2) is 48.5 Å². The van der Waals surface area contributed by atoms with Crippen LogP contribution in [-0.4, -0.2) is 48.2 Å². The predicted molar refractivity (Wildman–Crippen MR) is 113 cm³/mol. The molecule has 1 saturated heterocycles. The molecule has 1 aliphatic heterocycles. The first-order chi connectivity index (χ1) is 14.5. The third kappa shape index (κ3) is 7.71. The van der Waals surface area contributed by atoms with Crippen LogP contribution in [0.3, 0.4) is 0 Å². The highest BCUT2D eigenvalue weighted by Gasteiger charge is 2.23. The standard InChI is InChI=1S/C21H26FN3O2.CH2O2/c22-18-5-1-17(2-6-18)15-27-21(26)25-13-10-20(11-14-25)24-19-7-3-16(4-8-19)9-12-23;2-1-3/h1-8,20,24H,9-15,23H2;1H,(H,2,3). The van der Waals surface area contributed by atoms with E-state index in [0.717, 1.165) is 30.5 Å². The van der Waals surface area contributed by atoms with Crippen LogP contribution < -0.4 is 11.1 Å². The number of hydrogen-bond donors (Lipinski definition) is 3. The summed E-state index contributed by atoms with van der Waals surface area (Å²) in [4.78, 5) is 22.3. The van der Waals surface area contributed by atoms with Gasteiger partial charge in [0.2, 0.25) is 0 Å². The molecule has 0 unspecified atom stereocenters. The number of rotatable bonds is 6. The number of carbonyl (C=O) groups excluding carboxylic acids is 1. The molecule has 0 radical (unpaired) electrons. The van der Waals surface area contributed by atoms with E-state index in [1.54, 1.807) is 17.0 Å². The van der Waals surface area contributed by atoms with Crippen molar-refractivity contribution in [3.8, 4) is 0 Å². The van der Waals surface area contributed by atoms with Gasteiger partial charge in [0.1, 0.15) is 12.4 Å². The van der Waals surface area contributed by atoms with Crippen LogP contribution in [0.4, 0.5) is 14.9 Å². The summed E-state index contributed by atoms with van der Waals surface area (Å²) in [6.07, 6.45) is 2.31. The van der Waals surface area contributed by atoms with Crippen LogP contribution in [0.25, 0.3) is 0 Å². The Bertz CT molecular complexity index is 776. The number of nitrogens with one attached hydrogen (secondary N) is 1. The number of piperidine rings is 1. The minimum Gasteiger partial charge on any atom is -0.483 e. The summed E-state index contributed by atoms with van der Waals surface area (Å²) in [7, 11) is 0. The van der Waals surface area contributed by atoms with Gasteiger partial charge in [0.05, 0.1) is 0 Å². The molecule has 0 atom stereocenters. The molecule has 30 heavy (non-hydrogen) atoms. The number of anilines is 1. The van der Waals surface area contributed by atoms with E-state index < -0.39 is 0 Å². The predicted octanol–water partition coefficient (Wildman–Crippen LogP) is 3.24. The Morgan fingerprint density at radius 3 is 2.27 bits per heavy atom. The van der Waals surface area contributed by atoms with Crippen molar-refractivity contribution in [1.29, 1.82) is 0 Å². The number of likely N-dealkylation sites (tertiary alicyclic amines) is 1. The number of hydrogen-bond acceptors (Lipinski definition) is 5. The maximum absolute atomic E-state index is 12.9. The molecule has 7 nitrogen and oxygen atoms in total. The van der Waals surface area contributed by atoms with Crippen LogP contribution >= 0.6 is 0 Å². The highest BCUT2D eigenvalue weighted by molar-refractivity contribution is 5.67. The SMILES string of the molecule is NCCc1ccc(NC2CCN(C(=O)OCc3ccc(F)cc3)CC2)cc1.O=CO. The number of ether oxygens (including phenoxy) is 1. The van der Waals surface area contributed by atoms with Crippen LogP contribution in [0.1, 0.15) is 24.0 Å². The monoisotopic (exact) mass is 417 g/mol. The summed E-state index contributed by atoms with van der Waals surface area (Å²) in [5.41, 5.74) is 8.68. The molecule has 1 fully saturated rings. The van der Waals surface area contributed by atoms with Crippen LogP contribution in [-0.2, 0) is 22.6 Å². The summed E-state index contributed by atoms with van der Waals surface area (Å²) in [6, 6.07) is 14.7. The van der Waals surface area contributed by atoms with Crippen molar-refractivity contribution in [2.45, 2.75) is 31.9 Å². The maximum Gasteiger partial charge on any atom is 0.410 e. The van der Waals surface area contributed by atoms with Gasteiger partial charge < -0.3 is 25.8 Å². The number of amides is 1. The zero-order valence-corrected chi connectivity index (χ0v) is 16.8. The first kappa shape index (κ1) is 23.2. The van der Waals surface area contributed by atoms with E-state index in [1.807, 2.05) is 0 Å². The Morgan fingerprint density at radius 2 is 1.70 bits per heavy atom. The summed E-state index contributed by atoms with van der Waals surface area (Å²) in [5, 5.41) is 10.4. The number of benzene rings is 2. The van der Waals surface area contributed by atoms with Crippen molar-refractivity contribution in [2.24, 2.45) is 5.73 Å². The molecule has 2 aromatic rings. The summed E-state index contributed by atoms with van der Waals surface area (Å²) in [5.74, 6) is -0.298. The lowest BCUT2D eigenvalue weighted by Gasteiger charge is -2.32. The van der Waals surface area contributed by atoms with Gasteiger partial charge in [-0.15, -0.1) is 0 Å². The normalized spacial score (nSPS) is 13.7. The Morgan fingerprint density at radius 1 is 1.13 bits per heavy atom. The fourth-order valence-electron chi connectivity index (χ4n) is 3.19. The first-order valence-electron chi connectivity index (χ1n) is 9.85. The molecular weight excluding hydrogens is 389 g/mol. The van der Waals surface area contributed by atoms with Gasteiger partial charge in [-0.25, -0.2) is 9.18 Å². The average molecular weight is 417 g/mol. The fourth-order valence-corrected chi connectivity index (χ4v) is 3.19. The quantitative estimate of drug-likeness (QED) is 0.623. The Kier molecular flexibility index (Phi) is 9.60. The zero-order chi connectivity index (χ0) is 21.8. The number of carbonyl (C=O) groups is 2. The summed E-state index contributed by atoms with van der Waals surface area (Å²) < 4.78 is 18.2. The van der Waals surface area contributed by atoms with E-state index in [-0.39, 0.29) is 25.0 Å². The Balaban J connectivity index is 0.00000101. The second kappa shape index (κ2) is 12.4. The lowest BCUT2D eigenvalue weighted by molar-refractivity contribution is -0.122. The third-order valence-electron chi connectivity index (χ3n) is 4.79. The highest BCUT2D eigenvalue weighted by atomic mass is 19.1. The number of carboxylic acid groups (broad SMARTS) is 1. The number of nitrogens with two attached hydrogens (primary N) is 1. The van der Waals surface area contributed by atoms with E-state index in [4.69, 9.17) is 20.4 Å². The highest BCUT2D eigenvalue weighted by Crippen LogP contribution is 2.18.